The quantitative estimate of drug-likeness (QED) is 0.686. The van der Waals surface area contributed by atoms with Crippen molar-refractivity contribution in [1.29, 1.82) is 0 Å². The second-order valence-corrected chi connectivity index (χ2v) is 3.69. The van der Waals surface area contributed by atoms with Gasteiger partial charge in [0.2, 0.25) is 11.8 Å². The normalized spacial score (nSPS) is 9.76. The fraction of sp³-hybridized carbons (Fsp3) is 0.333. The Bertz CT molecular complexity index is 404. The first-order chi connectivity index (χ1) is 8.11. The third-order valence-corrected chi connectivity index (χ3v) is 2.15. The van der Waals surface area contributed by atoms with Gasteiger partial charge in [-0.1, -0.05) is 12.1 Å². The van der Waals surface area contributed by atoms with Gasteiger partial charge < -0.3 is 10.6 Å². The Hall–Kier alpha value is -1.88. The maximum atomic E-state index is 11.5. The minimum Gasteiger partial charge on any atom is -0.358 e. The average molecular weight is 235 g/mol. The lowest BCUT2D eigenvalue weighted by Gasteiger charge is -2.06. The molecule has 3 N–H and O–H groups in total. The summed E-state index contributed by atoms with van der Waals surface area (Å²) in [6.45, 7) is 2.21. The highest BCUT2D eigenvalue weighted by Gasteiger charge is 2.03. The number of hydrogen-bond acceptors (Lipinski definition) is 3. The summed E-state index contributed by atoms with van der Waals surface area (Å²) in [5.74, 6) is -0.312. The number of hydrogen-bond donors (Lipinski definition) is 3. The number of amides is 2. The zero-order valence-electron chi connectivity index (χ0n) is 10.0. The standard InChI is InChI=1S/C12H17N3O2/c1-9-4-3-5-10(6-9)15-12(17)8-14-7-11(16)13-2/h3-6,14H,7-8H2,1-2H3,(H,13,16)(H,15,17). The van der Waals surface area contributed by atoms with E-state index >= 15 is 0 Å². The van der Waals surface area contributed by atoms with Crippen LogP contribution in [0, 0.1) is 6.92 Å². The first-order valence-corrected chi connectivity index (χ1v) is 5.39. The monoisotopic (exact) mass is 235 g/mol. The summed E-state index contributed by atoms with van der Waals surface area (Å²) < 4.78 is 0. The molecular formula is C12H17N3O2. The minimum absolute atomic E-state index is 0.112. The zero-order chi connectivity index (χ0) is 12.7. The van der Waals surface area contributed by atoms with Gasteiger partial charge in [-0.05, 0) is 24.6 Å². The number of likely N-dealkylation sites (N-methyl/N-ethyl adjacent to an activating group) is 1. The third-order valence-electron chi connectivity index (χ3n) is 2.15. The maximum absolute atomic E-state index is 11.5. The molecule has 0 aliphatic heterocycles. The van der Waals surface area contributed by atoms with Crippen molar-refractivity contribution in [3.63, 3.8) is 0 Å². The largest absolute Gasteiger partial charge is 0.358 e. The van der Waals surface area contributed by atoms with E-state index in [2.05, 4.69) is 16.0 Å². The van der Waals surface area contributed by atoms with Gasteiger partial charge in [-0.3, -0.25) is 14.9 Å². The maximum Gasteiger partial charge on any atom is 0.238 e. The minimum atomic E-state index is -0.167. The highest BCUT2D eigenvalue weighted by atomic mass is 16.2. The molecule has 1 rings (SSSR count). The van der Waals surface area contributed by atoms with Gasteiger partial charge in [0.1, 0.15) is 0 Å². The fourth-order valence-corrected chi connectivity index (χ4v) is 1.31. The molecule has 1 aromatic rings. The molecule has 2 amide bonds. The van der Waals surface area contributed by atoms with Crippen LogP contribution in [0.4, 0.5) is 5.69 Å². The van der Waals surface area contributed by atoms with E-state index in [0.29, 0.717) is 0 Å². The van der Waals surface area contributed by atoms with Gasteiger partial charge in [0, 0.05) is 12.7 Å². The summed E-state index contributed by atoms with van der Waals surface area (Å²) in [7, 11) is 1.55. The second kappa shape index (κ2) is 6.65. The lowest BCUT2D eigenvalue weighted by Crippen LogP contribution is -2.36. The number of rotatable bonds is 5. The van der Waals surface area contributed by atoms with Crippen LogP contribution in [0.5, 0.6) is 0 Å². The van der Waals surface area contributed by atoms with E-state index in [1.165, 1.54) is 0 Å². The molecule has 0 unspecified atom stereocenters. The summed E-state index contributed by atoms with van der Waals surface area (Å²) in [6.07, 6.45) is 0. The number of carbonyl (C=O) groups is 2. The summed E-state index contributed by atoms with van der Waals surface area (Å²) in [5.41, 5.74) is 1.85. The van der Waals surface area contributed by atoms with Crippen LogP contribution in [0.1, 0.15) is 5.56 Å². The van der Waals surface area contributed by atoms with Crippen LogP contribution < -0.4 is 16.0 Å². The second-order valence-electron chi connectivity index (χ2n) is 3.69. The number of aryl methyl sites for hydroxylation is 1. The molecule has 5 heteroatoms. The summed E-state index contributed by atoms with van der Waals surface area (Å²) in [6, 6.07) is 7.54. The van der Waals surface area contributed by atoms with Crippen molar-refractivity contribution in [2.45, 2.75) is 6.92 Å². The van der Waals surface area contributed by atoms with Crippen LogP contribution >= 0.6 is 0 Å². The highest BCUT2D eigenvalue weighted by molar-refractivity contribution is 5.92. The van der Waals surface area contributed by atoms with Crippen molar-refractivity contribution < 1.29 is 9.59 Å². The van der Waals surface area contributed by atoms with Crippen molar-refractivity contribution in [3.8, 4) is 0 Å². The number of benzene rings is 1. The molecule has 5 nitrogen and oxygen atoms in total. The number of carbonyl (C=O) groups excluding carboxylic acids is 2. The van der Waals surface area contributed by atoms with Gasteiger partial charge in [-0.2, -0.15) is 0 Å². The summed E-state index contributed by atoms with van der Waals surface area (Å²) >= 11 is 0. The van der Waals surface area contributed by atoms with Crippen molar-refractivity contribution in [2.75, 3.05) is 25.5 Å². The molecule has 0 fully saturated rings. The predicted octanol–water partition coefficient (Wildman–Crippen LogP) is 0.269. The van der Waals surface area contributed by atoms with Crippen molar-refractivity contribution in [2.24, 2.45) is 0 Å². The molecule has 0 spiro atoms. The topological polar surface area (TPSA) is 70.2 Å². The molecule has 0 radical (unpaired) electrons. The molecule has 92 valence electrons. The van der Waals surface area contributed by atoms with Crippen molar-refractivity contribution in [3.05, 3.63) is 29.8 Å². The van der Waals surface area contributed by atoms with E-state index in [1.54, 1.807) is 7.05 Å². The molecule has 0 bridgehead atoms. The Morgan fingerprint density at radius 1 is 1.18 bits per heavy atom. The molecule has 0 saturated carbocycles. The first-order valence-electron chi connectivity index (χ1n) is 5.39. The van der Waals surface area contributed by atoms with Gasteiger partial charge in [-0.25, -0.2) is 0 Å². The SMILES string of the molecule is CNC(=O)CNCC(=O)Nc1cccc(C)c1. The number of anilines is 1. The lowest BCUT2D eigenvalue weighted by atomic mass is 10.2. The smallest absolute Gasteiger partial charge is 0.238 e. The average Bonchev–Trinajstić information content (AvgIpc) is 2.28. The van der Waals surface area contributed by atoms with E-state index < -0.39 is 0 Å². The zero-order valence-corrected chi connectivity index (χ0v) is 10.0. The molecular weight excluding hydrogens is 218 g/mol. The van der Waals surface area contributed by atoms with Crippen LogP contribution in [0.3, 0.4) is 0 Å². The van der Waals surface area contributed by atoms with E-state index in [-0.39, 0.29) is 24.9 Å². The van der Waals surface area contributed by atoms with Gasteiger partial charge in [0.05, 0.1) is 13.1 Å². The van der Waals surface area contributed by atoms with Crippen molar-refractivity contribution in [1.82, 2.24) is 10.6 Å². The first kappa shape index (κ1) is 13.2. The van der Waals surface area contributed by atoms with Crippen LogP contribution in [-0.4, -0.2) is 32.0 Å². The Balaban J connectivity index is 2.32. The van der Waals surface area contributed by atoms with Crippen LogP contribution in [0.15, 0.2) is 24.3 Å². The molecule has 0 aromatic heterocycles. The van der Waals surface area contributed by atoms with E-state index in [1.807, 2.05) is 31.2 Å². The highest BCUT2D eigenvalue weighted by Crippen LogP contribution is 2.08. The molecule has 1 aromatic carbocycles. The van der Waals surface area contributed by atoms with Crippen LogP contribution in [0.25, 0.3) is 0 Å². The Kier molecular flexibility index (Phi) is 5.16. The Morgan fingerprint density at radius 2 is 1.88 bits per heavy atom. The molecule has 0 atom stereocenters. The summed E-state index contributed by atoms with van der Waals surface area (Å²) in [5, 5.41) is 7.95. The van der Waals surface area contributed by atoms with E-state index in [9.17, 15) is 9.59 Å². The number of nitrogens with one attached hydrogen (secondary N) is 3. The van der Waals surface area contributed by atoms with Gasteiger partial charge in [0.25, 0.3) is 0 Å². The molecule has 0 saturated heterocycles. The lowest BCUT2D eigenvalue weighted by molar-refractivity contribution is -0.119. The fourth-order valence-electron chi connectivity index (χ4n) is 1.31. The van der Waals surface area contributed by atoms with E-state index in [0.717, 1.165) is 11.3 Å². The molecule has 17 heavy (non-hydrogen) atoms. The van der Waals surface area contributed by atoms with E-state index in [4.69, 9.17) is 0 Å². The molecule has 0 heterocycles. The van der Waals surface area contributed by atoms with Gasteiger partial charge in [-0.15, -0.1) is 0 Å². The van der Waals surface area contributed by atoms with Gasteiger partial charge in [0.15, 0.2) is 0 Å². The van der Waals surface area contributed by atoms with Gasteiger partial charge >= 0.3 is 0 Å². The van der Waals surface area contributed by atoms with Crippen LogP contribution in [0.2, 0.25) is 0 Å². The van der Waals surface area contributed by atoms with Crippen LogP contribution in [-0.2, 0) is 9.59 Å². The van der Waals surface area contributed by atoms with Crippen molar-refractivity contribution >= 4 is 17.5 Å². The third kappa shape index (κ3) is 5.12. The predicted molar refractivity (Wildman–Crippen MR) is 66.7 cm³/mol. The molecule has 0 aliphatic rings. The Morgan fingerprint density at radius 3 is 2.53 bits per heavy atom. The summed E-state index contributed by atoms with van der Waals surface area (Å²) in [4.78, 5) is 22.4. The molecule has 0 aliphatic carbocycles. The Labute approximate surface area is 101 Å².